The first kappa shape index (κ1) is 14.3. The number of ketones is 1. The summed E-state index contributed by atoms with van der Waals surface area (Å²) in [6, 6.07) is 16.9. The maximum absolute atomic E-state index is 12.5. The third-order valence-corrected chi connectivity index (χ3v) is 4.64. The Morgan fingerprint density at radius 2 is 1.71 bits per heavy atom. The fourth-order valence-electron chi connectivity index (χ4n) is 2.70. The Kier molecular flexibility index (Phi) is 3.84. The molecule has 0 saturated heterocycles. The second kappa shape index (κ2) is 5.63. The molecule has 1 saturated carbocycles. The summed E-state index contributed by atoms with van der Waals surface area (Å²) in [5, 5.41) is 9.87. The van der Waals surface area contributed by atoms with E-state index in [2.05, 4.69) is 22.0 Å². The van der Waals surface area contributed by atoms with Crippen LogP contribution in [0.5, 0.6) is 0 Å². The summed E-state index contributed by atoms with van der Waals surface area (Å²) in [6.07, 6.45) is 0. The molecule has 1 aliphatic carbocycles. The van der Waals surface area contributed by atoms with Crippen molar-refractivity contribution in [2.45, 2.75) is 5.92 Å². The van der Waals surface area contributed by atoms with Crippen LogP contribution in [0.3, 0.4) is 0 Å². The highest BCUT2D eigenvalue weighted by Crippen LogP contribution is 2.55. The molecule has 0 heterocycles. The maximum Gasteiger partial charge on any atom is 0.167 e. The Bertz CT molecular complexity index is 718. The van der Waals surface area contributed by atoms with Crippen molar-refractivity contribution in [3.8, 4) is 6.07 Å². The number of carbonyl (C=O) groups excluding carboxylic acids is 1. The largest absolute Gasteiger partial charge is 0.294 e. The normalized spacial score (nSPS) is 23.4. The molecule has 2 nitrogen and oxygen atoms in total. The first-order chi connectivity index (χ1) is 10.1. The van der Waals surface area contributed by atoms with E-state index in [4.69, 9.17) is 11.6 Å². The molecule has 0 spiro atoms. The summed E-state index contributed by atoms with van der Waals surface area (Å²) < 4.78 is 0.987. The third-order valence-electron chi connectivity index (χ3n) is 3.86. The Balaban J connectivity index is 1.85. The number of hydrogen-bond acceptors (Lipinski definition) is 2. The molecular formula is C17H11BrClNO. The molecule has 4 heteroatoms. The van der Waals surface area contributed by atoms with Crippen molar-refractivity contribution in [1.82, 2.24) is 0 Å². The van der Waals surface area contributed by atoms with Crippen LogP contribution < -0.4 is 0 Å². The molecular weight excluding hydrogens is 350 g/mol. The van der Waals surface area contributed by atoms with Gasteiger partial charge in [-0.05, 0) is 42.0 Å². The first-order valence-corrected chi connectivity index (χ1v) is 7.74. The van der Waals surface area contributed by atoms with E-state index in [0.29, 0.717) is 10.6 Å². The minimum atomic E-state index is -0.252. The van der Waals surface area contributed by atoms with E-state index in [1.807, 2.05) is 24.3 Å². The predicted molar refractivity (Wildman–Crippen MR) is 85.3 cm³/mol. The van der Waals surface area contributed by atoms with Crippen LogP contribution in [0.1, 0.15) is 21.8 Å². The highest BCUT2D eigenvalue weighted by atomic mass is 79.9. The van der Waals surface area contributed by atoms with Crippen molar-refractivity contribution in [3.63, 3.8) is 0 Å². The van der Waals surface area contributed by atoms with Crippen molar-refractivity contribution >= 4 is 33.3 Å². The minimum absolute atomic E-state index is 0.00808. The van der Waals surface area contributed by atoms with Gasteiger partial charge in [-0.1, -0.05) is 39.7 Å². The summed E-state index contributed by atoms with van der Waals surface area (Å²) in [7, 11) is 0. The van der Waals surface area contributed by atoms with Crippen molar-refractivity contribution < 1.29 is 4.79 Å². The van der Waals surface area contributed by atoms with E-state index in [9.17, 15) is 10.1 Å². The lowest BCUT2D eigenvalue weighted by atomic mass is 10.0. The van der Waals surface area contributed by atoms with Crippen LogP contribution >= 0.6 is 27.5 Å². The number of nitrogens with zero attached hydrogens (tertiary/aromatic N) is 1. The predicted octanol–water partition coefficient (Wildman–Crippen LogP) is 4.84. The molecule has 1 fully saturated rings. The number of benzene rings is 2. The van der Waals surface area contributed by atoms with Crippen LogP contribution in [0.25, 0.3) is 0 Å². The molecule has 3 atom stereocenters. The second-order valence-electron chi connectivity index (χ2n) is 5.13. The molecule has 0 aliphatic heterocycles. The van der Waals surface area contributed by atoms with Gasteiger partial charge in [-0.2, -0.15) is 5.26 Å². The number of Topliss-reactive ketones (excluding diaryl/α,β-unsaturated/α-hetero) is 1. The Hall–Kier alpha value is -1.63. The summed E-state index contributed by atoms with van der Waals surface area (Å²) in [6.45, 7) is 0. The molecule has 2 aromatic rings. The Morgan fingerprint density at radius 3 is 2.29 bits per heavy atom. The summed E-state index contributed by atoms with van der Waals surface area (Å²) in [5.74, 6) is -0.482. The lowest BCUT2D eigenvalue weighted by Gasteiger charge is -2.01. The molecule has 0 N–H and O–H groups in total. The summed E-state index contributed by atoms with van der Waals surface area (Å²) >= 11 is 9.23. The van der Waals surface area contributed by atoms with Crippen LogP contribution in [-0.4, -0.2) is 5.78 Å². The number of halogens is 2. The van der Waals surface area contributed by atoms with Gasteiger partial charge in [0.05, 0.1) is 12.0 Å². The standard InChI is InChI=1S/C17H11BrClNO/c18-12-5-1-10(2-6-12)15-14(9-20)16(15)17(21)11-3-7-13(19)8-4-11/h1-8,14-16H. The van der Waals surface area contributed by atoms with Crippen LogP contribution in [0.4, 0.5) is 0 Å². The highest BCUT2D eigenvalue weighted by Gasteiger charge is 2.55. The van der Waals surface area contributed by atoms with E-state index in [-0.39, 0.29) is 23.5 Å². The molecule has 21 heavy (non-hydrogen) atoms. The zero-order valence-electron chi connectivity index (χ0n) is 11.0. The van der Waals surface area contributed by atoms with E-state index in [0.717, 1.165) is 10.0 Å². The summed E-state index contributed by atoms with van der Waals surface area (Å²) in [5.41, 5.74) is 1.65. The second-order valence-corrected chi connectivity index (χ2v) is 6.48. The zero-order chi connectivity index (χ0) is 15.0. The van der Waals surface area contributed by atoms with Crippen molar-refractivity contribution in [2.75, 3.05) is 0 Å². The number of carbonyl (C=O) groups is 1. The third kappa shape index (κ3) is 2.74. The maximum atomic E-state index is 12.5. The van der Waals surface area contributed by atoms with E-state index >= 15 is 0 Å². The number of rotatable bonds is 3. The van der Waals surface area contributed by atoms with Gasteiger partial charge < -0.3 is 0 Å². The smallest absolute Gasteiger partial charge is 0.167 e. The average molecular weight is 361 g/mol. The van der Waals surface area contributed by atoms with Crippen molar-refractivity contribution in [3.05, 3.63) is 69.2 Å². The molecule has 0 radical (unpaired) electrons. The van der Waals surface area contributed by atoms with Crippen LogP contribution in [0.15, 0.2) is 53.0 Å². The minimum Gasteiger partial charge on any atom is -0.294 e. The molecule has 104 valence electrons. The zero-order valence-corrected chi connectivity index (χ0v) is 13.3. The van der Waals surface area contributed by atoms with Gasteiger partial charge in [-0.15, -0.1) is 0 Å². The first-order valence-electron chi connectivity index (χ1n) is 6.56. The molecule has 0 amide bonds. The highest BCUT2D eigenvalue weighted by molar-refractivity contribution is 9.10. The van der Waals surface area contributed by atoms with Crippen LogP contribution in [0, 0.1) is 23.2 Å². The van der Waals surface area contributed by atoms with Crippen molar-refractivity contribution in [1.29, 1.82) is 5.26 Å². The fraction of sp³-hybridized carbons (Fsp3) is 0.176. The van der Waals surface area contributed by atoms with E-state index < -0.39 is 0 Å². The van der Waals surface area contributed by atoms with Crippen molar-refractivity contribution in [2.24, 2.45) is 11.8 Å². The average Bonchev–Trinajstić information content (AvgIpc) is 3.22. The fourth-order valence-corrected chi connectivity index (χ4v) is 3.09. The van der Waals surface area contributed by atoms with Crippen LogP contribution in [-0.2, 0) is 0 Å². The Morgan fingerprint density at radius 1 is 1.10 bits per heavy atom. The SMILES string of the molecule is N#CC1C(C(=O)c2ccc(Cl)cc2)C1c1ccc(Br)cc1. The van der Waals surface area contributed by atoms with Gasteiger partial charge in [0, 0.05) is 26.9 Å². The van der Waals surface area contributed by atoms with E-state index in [1.165, 1.54) is 0 Å². The molecule has 0 bridgehead atoms. The Labute approximate surface area is 136 Å². The monoisotopic (exact) mass is 359 g/mol. The quantitative estimate of drug-likeness (QED) is 0.735. The van der Waals surface area contributed by atoms with Gasteiger partial charge in [-0.3, -0.25) is 4.79 Å². The van der Waals surface area contributed by atoms with Gasteiger partial charge in [0.25, 0.3) is 0 Å². The van der Waals surface area contributed by atoms with Gasteiger partial charge in [-0.25, -0.2) is 0 Å². The molecule has 1 aliphatic rings. The van der Waals surface area contributed by atoms with Gasteiger partial charge in [0.1, 0.15) is 0 Å². The molecule has 0 aromatic heterocycles. The van der Waals surface area contributed by atoms with Crippen LogP contribution in [0.2, 0.25) is 5.02 Å². The number of nitriles is 1. The molecule has 3 unspecified atom stereocenters. The lowest BCUT2D eigenvalue weighted by molar-refractivity contribution is 0.0962. The molecule has 3 rings (SSSR count). The lowest BCUT2D eigenvalue weighted by Crippen LogP contribution is -2.03. The van der Waals surface area contributed by atoms with Gasteiger partial charge in [0.15, 0.2) is 5.78 Å². The number of hydrogen-bond donors (Lipinski definition) is 0. The molecule has 2 aromatic carbocycles. The van der Waals surface area contributed by atoms with E-state index in [1.54, 1.807) is 24.3 Å². The van der Waals surface area contributed by atoms with Gasteiger partial charge >= 0.3 is 0 Å². The summed E-state index contributed by atoms with van der Waals surface area (Å²) in [4.78, 5) is 12.5. The topological polar surface area (TPSA) is 40.9 Å². The van der Waals surface area contributed by atoms with Gasteiger partial charge in [0.2, 0.25) is 0 Å².